The number of carbonyl (C=O) groups excluding carboxylic acids is 1. The summed E-state index contributed by atoms with van der Waals surface area (Å²) >= 11 is 0. The fourth-order valence-corrected chi connectivity index (χ4v) is 3.02. The Balaban J connectivity index is 1.62. The Labute approximate surface area is 135 Å². The standard InChI is InChI=1S/C17H21N3O3/c1-13-16(19-23-18-13)22-11-10-20-12-17(2,9-8-15(20)21)14-6-4-3-5-7-14/h3-7H,8-12H2,1-2H3/t17-/m1/s1. The fraction of sp³-hybridized carbons (Fsp3) is 0.471. The van der Waals surface area contributed by atoms with Crippen molar-refractivity contribution in [1.82, 2.24) is 15.2 Å². The van der Waals surface area contributed by atoms with Crippen LogP contribution in [0.2, 0.25) is 0 Å². The molecule has 23 heavy (non-hydrogen) atoms. The molecule has 1 aliphatic rings. The number of hydrogen-bond donors (Lipinski definition) is 0. The average Bonchev–Trinajstić information content (AvgIpc) is 2.97. The first-order chi connectivity index (χ1) is 11.1. The van der Waals surface area contributed by atoms with Crippen LogP contribution in [0.1, 0.15) is 31.0 Å². The molecule has 0 N–H and O–H groups in total. The minimum absolute atomic E-state index is 0.0134. The van der Waals surface area contributed by atoms with Crippen LogP contribution < -0.4 is 4.74 Å². The highest BCUT2D eigenvalue weighted by molar-refractivity contribution is 5.77. The molecule has 2 heterocycles. The Hall–Kier alpha value is -2.37. The molecule has 0 aliphatic carbocycles. The lowest BCUT2D eigenvalue weighted by molar-refractivity contribution is -0.135. The highest BCUT2D eigenvalue weighted by Gasteiger charge is 2.36. The van der Waals surface area contributed by atoms with E-state index >= 15 is 0 Å². The quantitative estimate of drug-likeness (QED) is 0.847. The molecule has 1 aromatic heterocycles. The lowest BCUT2D eigenvalue weighted by Gasteiger charge is -2.40. The van der Waals surface area contributed by atoms with E-state index in [-0.39, 0.29) is 11.3 Å². The van der Waals surface area contributed by atoms with E-state index in [4.69, 9.17) is 4.74 Å². The summed E-state index contributed by atoms with van der Waals surface area (Å²) in [5.41, 5.74) is 1.87. The van der Waals surface area contributed by atoms with Gasteiger partial charge in [-0.25, -0.2) is 4.63 Å². The van der Waals surface area contributed by atoms with Gasteiger partial charge in [0.1, 0.15) is 12.3 Å². The van der Waals surface area contributed by atoms with Crippen molar-refractivity contribution in [2.24, 2.45) is 0 Å². The third kappa shape index (κ3) is 3.36. The van der Waals surface area contributed by atoms with Crippen molar-refractivity contribution in [2.75, 3.05) is 19.7 Å². The van der Waals surface area contributed by atoms with E-state index < -0.39 is 0 Å². The minimum Gasteiger partial charge on any atom is -0.472 e. The molecular weight excluding hydrogens is 294 g/mol. The van der Waals surface area contributed by atoms with Crippen LogP contribution in [0.5, 0.6) is 5.88 Å². The lowest BCUT2D eigenvalue weighted by Crippen LogP contribution is -2.48. The lowest BCUT2D eigenvalue weighted by atomic mass is 9.76. The molecule has 0 unspecified atom stereocenters. The molecule has 0 saturated carbocycles. The van der Waals surface area contributed by atoms with Gasteiger partial charge in [0.15, 0.2) is 0 Å². The summed E-state index contributed by atoms with van der Waals surface area (Å²) < 4.78 is 10.1. The molecule has 1 aromatic carbocycles. The predicted molar refractivity (Wildman–Crippen MR) is 84.1 cm³/mol. The maximum absolute atomic E-state index is 12.2. The van der Waals surface area contributed by atoms with E-state index in [1.54, 1.807) is 6.92 Å². The van der Waals surface area contributed by atoms with Gasteiger partial charge < -0.3 is 9.64 Å². The minimum atomic E-state index is -0.0134. The first-order valence-electron chi connectivity index (χ1n) is 7.84. The van der Waals surface area contributed by atoms with Crippen LogP contribution >= 0.6 is 0 Å². The normalized spacial score (nSPS) is 21.5. The number of rotatable bonds is 5. The first kappa shape index (κ1) is 15.5. The molecule has 0 spiro atoms. The highest BCUT2D eigenvalue weighted by atomic mass is 16.6. The van der Waals surface area contributed by atoms with Gasteiger partial charge in [-0.15, -0.1) is 0 Å². The van der Waals surface area contributed by atoms with Crippen molar-refractivity contribution in [2.45, 2.75) is 32.1 Å². The Morgan fingerprint density at radius 3 is 2.78 bits per heavy atom. The van der Waals surface area contributed by atoms with Crippen molar-refractivity contribution in [3.05, 3.63) is 41.6 Å². The molecular formula is C17H21N3O3. The molecule has 2 aromatic rings. The van der Waals surface area contributed by atoms with Crippen LogP contribution in [0.15, 0.2) is 35.0 Å². The number of nitrogens with zero attached hydrogens (tertiary/aromatic N) is 3. The van der Waals surface area contributed by atoms with Crippen LogP contribution in [0.25, 0.3) is 0 Å². The maximum Gasteiger partial charge on any atom is 0.278 e. The Morgan fingerprint density at radius 2 is 2.09 bits per heavy atom. The molecule has 1 aliphatic heterocycles. The number of aryl methyl sites for hydroxylation is 1. The van der Waals surface area contributed by atoms with Crippen LogP contribution in [-0.4, -0.2) is 40.8 Å². The van der Waals surface area contributed by atoms with Gasteiger partial charge in [0, 0.05) is 18.4 Å². The average molecular weight is 315 g/mol. The maximum atomic E-state index is 12.2. The van der Waals surface area contributed by atoms with Crippen molar-refractivity contribution in [3.8, 4) is 5.88 Å². The second-order valence-corrected chi connectivity index (χ2v) is 6.25. The summed E-state index contributed by atoms with van der Waals surface area (Å²) in [6.07, 6.45) is 1.44. The third-order valence-electron chi connectivity index (χ3n) is 4.46. The zero-order chi connectivity index (χ0) is 16.3. The summed E-state index contributed by atoms with van der Waals surface area (Å²) in [4.78, 5) is 14.1. The molecule has 122 valence electrons. The van der Waals surface area contributed by atoms with Gasteiger partial charge in [0.05, 0.1) is 6.54 Å². The summed E-state index contributed by atoms with van der Waals surface area (Å²) in [5, 5.41) is 7.35. The van der Waals surface area contributed by atoms with Gasteiger partial charge in [-0.2, -0.15) is 0 Å². The molecule has 0 radical (unpaired) electrons. The number of carbonyl (C=O) groups is 1. The predicted octanol–water partition coefficient (Wildman–Crippen LogP) is 2.34. The number of amides is 1. The SMILES string of the molecule is Cc1nonc1OCCN1C[C@](C)(c2ccccc2)CCC1=O. The monoisotopic (exact) mass is 315 g/mol. The van der Waals surface area contributed by atoms with Crippen LogP contribution in [-0.2, 0) is 10.2 Å². The van der Waals surface area contributed by atoms with Crippen LogP contribution in [0, 0.1) is 6.92 Å². The van der Waals surface area contributed by atoms with Crippen LogP contribution in [0.3, 0.4) is 0 Å². The number of likely N-dealkylation sites (tertiary alicyclic amines) is 1. The van der Waals surface area contributed by atoms with E-state index in [2.05, 4.69) is 34.0 Å². The van der Waals surface area contributed by atoms with Gasteiger partial charge in [0.2, 0.25) is 5.91 Å². The summed E-state index contributed by atoms with van der Waals surface area (Å²) in [6.45, 7) is 5.60. The summed E-state index contributed by atoms with van der Waals surface area (Å²) in [5.74, 6) is 0.567. The number of benzene rings is 1. The van der Waals surface area contributed by atoms with E-state index in [0.717, 1.165) is 6.42 Å². The van der Waals surface area contributed by atoms with Gasteiger partial charge in [-0.05, 0) is 24.1 Å². The Kier molecular flexibility index (Phi) is 4.32. The van der Waals surface area contributed by atoms with Gasteiger partial charge >= 0.3 is 0 Å². The van der Waals surface area contributed by atoms with Crippen molar-refractivity contribution in [3.63, 3.8) is 0 Å². The molecule has 0 bridgehead atoms. The smallest absolute Gasteiger partial charge is 0.278 e. The fourth-order valence-electron chi connectivity index (χ4n) is 3.02. The van der Waals surface area contributed by atoms with Crippen LogP contribution in [0.4, 0.5) is 0 Å². The molecule has 6 nitrogen and oxygen atoms in total. The van der Waals surface area contributed by atoms with Crippen molar-refractivity contribution < 1.29 is 14.2 Å². The molecule has 6 heteroatoms. The highest BCUT2D eigenvalue weighted by Crippen LogP contribution is 2.33. The van der Waals surface area contributed by atoms with E-state index in [0.29, 0.717) is 37.7 Å². The second-order valence-electron chi connectivity index (χ2n) is 6.25. The zero-order valence-corrected chi connectivity index (χ0v) is 13.5. The Bertz CT molecular complexity index is 671. The number of hydrogen-bond acceptors (Lipinski definition) is 5. The number of ether oxygens (including phenoxy) is 1. The topological polar surface area (TPSA) is 68.5 Å². The molecule has 1 fully saturated rings. The summed E-state index contributed by atoms with van der Waals surface area (Å²) in [7, 11) is 0. The third-order valence-corrected chi connectivity index (χ3v) is 4.46. The van der Waals surface area contributed by atoms with Crippen molar-refractivity contribution in [1.29, 1.82) is 0 Å². The number of aromatic nitrogens is 2. The van der Waals surface area contributed by atoms with Gasteiger partial charge in [-0.1, -0.05) is 42.4 Å². The Morgan fingerprint density at radius 1 is 1.30 bits per heavy atom. The van der Waals surface area contributed by atoms with Crippen molar-refractivity contribution >= 4 is 5.91 Å². The van der Waals surface area contributed by atoms with E-state index in [1.807, 2.05) is 23.1 Å². The van der Waals surface area contributed by atoms with Gasteiger partial charge in [0.25, 0.3) is 5.88 Å². The van der Waals surface area contributed by atoms with E-state index in [1.165, 1.54) is 5.56 Å². The summed E-state index contributed by atoms with van der Waals surface area (Å²) in [6, 6.07) is 10.4. The molecule has 1 saturated heterocycles. The van der Waals surface area contributed by atoms with E-state index in [9.17, 15) is 4.79 Å². The molecule has 1 atom stereocenters. The zero-order valence-electron chi connectivity index (χ0n) is 13.5. The largest absolute Gasteiger partial charge is 0.472 e. The second kappa shape index (κ2) is 6.40. The van der Waals surface area contributed by atoms with Gasteiger partial charge in [-0.3, -0.25) is 4.79 Å². The molecule has 1 amide bonds. The molecule has 3 rings (SSSR count). The first-order valence-corrected chi connectivity index (χ1v) is 7.84. The number of piperidine rings is 1.